The van der Waals surface area contributed by atoms with Gasteiger partial charge in [0.1, 0.15) is 6.10 Å². The zero-order chi connectivity index (χ0) is 16.3. The van der Waals surface area contributed by atoms with Crippen LogP contribution < -0.4 is 0 Å². The van der Waals surface area contributed by atoms with Crippen molar-refractivity contribution in [3.8, 4) is 0 Å². The zero-order valence-corrected chi connectivity index (χ0v) is 15.3. The van der Waals surface area contributed by atoms with Crippen molar-refractivity contribution in [1.29, 1.82) is 0 Å². The van der Waals surface area contributed by atoms with E-state index in [-0.39, 0.29) is 12.1 Å². The van der Waals surface area contributed by atoms with E-state index in [1.807, 2.05) is 13.8 Å². The highest BCUT2D eigenvalue weighted by atomic mass is 16.5. The average Bonchev–Trinajstić information content (AvgIpc) is 2.44. The number of ether oxygens (including phenoxy) is 1. The molecule has 0 aromatic rings. The van der Waals surface area contributed by atoms with E-state index in [4.69, 9.17) is 4.74 Å². The van der Waals surface area contributed by atoms with Crippen LogP contribution in [0.2, 0.25) is 0 Å². The highest BCUT2D eigenvalue weighted by Crippen LogP contribution is 2.23. The smallest absolute Gasteiger partial charge is 0.305 e. The molecule has 0 saturated carbocycles. The molecule has 0 rings (SSSR count). The van der Waals surface area contributed by atoms with Crippen molar-refractivity contribution in [1.82, 2.24) is 0 Å². The second-order valence-corrected chi connectivity index (χ2v) is 7.04. The first-order valence-electron chi connectivity index (χ1n) is 9.10. The predicted molar refractivity (Wildman–Crippen MR) is 91.3 cm³/mol. The van der Waals surface area contributed by atoms with E-state index in [1.165, 1.54) is 38.5 Å². The Hall–Kier alpha value is -0.530. The zero-order valence-electron chi connectivity index (χ0n) is 15.3. The molecule has 0 saturated heterocycles. The average molecular weight is 299 g/mol. The van der Waals surface area contributed by atoms with Crippen LogP contribution in [-0.4, -0.2) is 12.1 Å². The van der Waals surface area contributed by atoms with Crippen molar-refractivity contribution in [2.24, 2.45) is 17.8 Å². The van der Waals surface area contributed by atoms with Crippen LogP contribution in [0.1, 0.15) is 92.9 Å². The van der Waals surface area contributed by atoms with E-state index in [0.29, 0.717) is 12.3 Å². The summed E-state index contributed by atoms with van der Waals surface area (Å²) in [5, 5.41) is 0. The number of unbranched alkanes of at least 4 members (excludes halogenated alkanes) is 1. The number of carbonyl (C=O) groups excluding carboxylic acids is 1. The van der Waals surface area contributed by atoms with Crippen LogP contribution in [-0.2, 0) is 9.53 Å². The molecule has 0 aliphatic heterocycles. The first-order chi connectivity index (χ1) is 9.90. The van der Waals surface area contributed by atoms with E-state index >= 15 is 0 Å². The molecule has 0 aliphatic carbocycles. The van der Waals surface area contributed by atoms with E-state index < -0.39 is 0 Å². The lowest BCUT2D eigenvalue weighted by atomic mass is 9.88. The van der Waals surface area contributed by atoms with Crippen molar-refractivity contribution in [3.05, 3.63) is 0 Å². The summed E-state index contributed by atoms with van der Waals surface area (Å²) >= 11 is 0. The molecule has 0 aliphatic rings. The Kier molecular flexibility index (Phi) is 11.8. The molecule has 21 heavy (non-hydrogen) atoms. The molecule has 126 valence electrons. The van der Waals surface area contributed by atoms with Gasteiger partial charge in [-0.15, -0.1) is 0 Å². The standard InChI is InChI=1S/C19H38O2/c1-7-9-11-15(3)14-16(4)12-10-13-17(5)18(6)21-19(20)8-2/h15-18H,7-14H2,1-6H3/t15?,16?,17-,18+/m0/s1. The Morgan fingerprint density at radius 1 is 0.905 bits per heavy atom. The summed E-state index contributed by atoms with van der Waals surface area (Å²) < 4.78 is 5.39. The van der Waals surface area contributed by atoms with E-state index in [1.54, 1.807) is 0 Å². The Bertz CT molecular complexity index is 262. The van der Waals surface area contributed by atoms with Gasteiger partial charge in [-0.1, -0.05) is 66.7 Å². The quantitative estimate of drug-likeness (QED) is 0.414. The predicted octanol–water partition coefficient (Wildman–Crippen LogP) is 5.99. The summed E-state index contributed by atoms with van der Waals surface area (Å²) in [6, 6.07) is 0. The summed E-state index contributed by atoms with van der Waals surface area (Å²) in [7, 11) is 0. The van der Waals surface area contributed by atoms with Crippen LogP contribution in [0.25, 0.3) is 0 Å². The molecule has 0 radical (unpaired) electrons. The monoisotopic (exact) mass is 298 g/mol. The molecule has 2 nitrogen and oxygen atoms in total. The van der Waals surface area contributed by atoms with Crippen molar-refractivity contribution in [2.45, 2.75) is 99.0 Å². The molecular weight excluding hydrogens is 260 g/mol. The topological polar surface area (TPSA) is 26.3 Å². The van der Waals surface area contributed by atoms with Crippen LogP contribution in [0.3, 0.4) is 0 Å². The minimum Gasteiger partial charge on any atom is -0.462 e. The highest BCUT2D eigenvalue weighted by Gasteiger charge is 2.16. The molecule has 2 unspecified atom stereocenters. The van der Waals surface area contributed by atoms with Gasteiger partial charge in [-0.2, -0.15) is 0 Å². The fourth-order valence-electron chi connectivity index (χ4n) is 2.90. The highest BCUT2D eigenvalue weighted by molar-refractivity contribution is 5.69. The van der Waals surface area contributed by atoms with E-state index in [2.05, 4.69) is 27.7 Å². The Balaban J connectivity index is 3.78. The molecule has 2 heteroatoms. The molecular formula is C19H38O2. The third-order valence-electron chi connectivity index (χ3n) is 4.62. The normalized spacial score (nSPS) is 17.0. The van der Waals surface area contributed by atoms with Gasteiger partial charge in [0.05, 0.1) is 0 Å². The SMILES string of the molecule is CCCCC(C)CC(C)CCC[C@H](C)[C@@H](C)OC(=O)CC. The molecule has 0 aromatic heterocycles. The number of carbonyl (C=O) groups is 1. The lowest BCUT2D eigenvalue weighted by Gasteiger charge is -2.21. The van der Waals surface area contributed by atoms with Gasteiger partial charge in [0, 0.05) is 6.42 Å². The van der Waals surface area contributed by atoms with Crippen LogP contribution >= 0.6 is 0 Å². The minimum atomic E-state index is -0.0764. The third-order valence-corrected chi connectivity index (χ3v) is 4.62. The molecule has 0 aromatic carbocycles. The van der Waals surface area contributed by atoms with Crippen molar-refractivity contribution in [2.75, 3.05) is 0 Å². The van der Waals surface area contributed by atoms with Crippen LogP contribution in [0.15, 0.2) is 0 Å². The fraction of sp³-hybridized carbons (Fsp3) is 0.947. The number of rotatable bonds is 12. The number of hydrogen-bond donors (Lipinski definition) is 0. The van der Waals surface area contributed by atoms with E-state index in [0.717, 1.165) is 18.3 Å². The largest absolute Gasteiger partial charge is 0.462 e. The second-order valence-electron chi connectivity index (χ2n) is 7.04. The Morgan fingerprint density at radius 3 is 2.00 bits per heavy atom. The molecule has 0 amide bonds. The van der Waals surface area contributed by atoms with Crippen LogP contribution in [0.4, 0.5) is 0 Å². The van der Waals surface area contributed by atoms with Gasteiger partial charge in [0.2, 0.25) is 0 Å². The van der Waals surface area contributed by atoms with Gasteiger partial charge in [-0.3, -0.25) is 4.79 Å². The van der Waals surface area contributed by atoms with Crippen LogP contribution in [0.5, 0.6) is 0 Å². The van der Waals surface area contributed by atoms with Gasteiger partial charge in [-0.25, -0.2) is 0 Å². The lowest BCUT2D eigenvalue weighted by Crippen LogP contribution is -2.21. The van der Waals surface area contributed by atoms with Crippen molar-refractivity contribution >= 4 is 5.97 Å². The summed E-state index contributed by atoms with van der Waals surface area (Å²) in [6.07, 6.45) is 9.64. The third kappa shape index (κ3) is 10.8. The molecule has 0 heterocycles. The van der Waals surface area contributed by atoms with Gasteiger partial charge >= 0.3 is 5.97 Å². The number of hydrogen-bond acceptors (Lipinski definition) is 2. The molecule has 4 atom stereocenters. The molecule has 0 spiro atoms. The summed E-state index contributed by atoms with van der Waals surface area (Å²) in [6.45, 7) is 13.1. The number of esters is 1. The van der Waals surface area contributed by atoms with Crippen LogP contribution in [0, 0.1) is 17.8 Å². The maximum absolute atomic E-state index is 11.3. The fourth-order valence-corrected chi connectivity index (χ4v) is 2.90. The Morgan fingerprint density at radius 2 is 1.48 bits per heavy atom. The summed E-state index contributed by atoms with van der Waals surface area (Å²) in [4.78, 5) is 11.3. The van der Waals surface area contributed by atoms with E-state index in [9.17, 15) is 4.79 Å². The van der Waals surface area contributed by atoms with Gasteiger partial charge in [0.15, 0.2) is 0 Å². The van der Waals surface area contributed by atoms with Gasteiger partial charge in [-0.05, 0) is 37.5 Å². The Labute approximate surface area is 133 Å². The summed E-state index contributed by atoms with van der Waals surface area (Å²) in [5.41, 5.74) is 0. The maximum Gasteiger partial charge on any atom is 0.305 e. The van der Waals surface area contributed by atoms with Gasteiger partial charge in [0.25, 0.3) is 0 Å². The molecule has 0 N–H and O–H groups in total. The molecule has 0 fully saturated rings. The first kappa shape index (κ1) is 20.5. The van der Waals surface area contributed by atoms with Crippen molar-refractivity contribution in [3.63, 3.8) is 0 Å². The first-order valence-corrected chi connectivity index (χ1v) is 9.10. The van der Waals surface area contributed by atoms with Crippen molar-refractivity contribution < 1.29 is 9.53 Å². The lowest BCUT2D eigenvalue weighted by molar-refractivity contribution is -0.150. The summed E-state index contributed by atoms with van der Waals surface area (Å²) in [5.74, 6) is 2.07. The minimum absolute atomic E-state index is 0.0521. The van der Waals surface area contributed by atoms with Gasteiger partial charge < -0.3 is 4.74 Å². The maximum atomic E-state index is 11.3. The molecule has 0 bridgehead atoms. The second kappa shape index (κ2) is 12.1.